The zero-order valence-corrected chi connectivity index (χ0v) is 10.4. The molecule has 3 nitrogen and oxygen atoms in total. The summed E-state index contributed by atoms with van der Waals surface area (Å²) in [6.07, 6.45) is 0. The van der Waals surface area contributed by atoms with Gasteiger partial charge in [0.2, 0.25) is 0 Å². The minimum absolute atomic E-state index is 0.349. The van der Waals surface area contributed by atoms with Gasteiger partial charge in [-0.1, -0.05) is 6.92 Å². The van der Waals surface area contributed by atoms with Gasteiger partial charge in [-0.2, -0.15) is 0 Å². The molecular formula is C8H12ClNO2S2. The quantitative estimate of drug-likeness (QED) is 0.771. The molecule has 0 saturated carbocycles. The Morgan fingerprint density at radius 3 is 2.64 bits per heavy atom. The summed E-state index contributed by atoms with van der Waals surface area (Å²) < 4.78 is 25.2. The van der Waals surface area contributed by atoms with Crippen LogP contribution in [0.5, 0.6) is 0 Å². The molecule has 0 aliphatic rings. The molecule has 14 heavy (non-hydrogen) atoms. The fourth-order valence-corrected chi connectivity index (χ4v) is 3.73. The van der Waals surface area contributed by atoms with Crippen LogP contribution in [0.4, 0.5) is 0 Å². The standard InChI is InChI=1S/C8H12ClNO2S2/c1-3-10(2)14(11,12)8-4-7(5-9)6-13-8/h4,6H,3,5H2,1-2H3. The molecule has 0 amide bonds. The number of nitrogens with zero attached hydrogens (tertiary/aromatic N) is 1. The molecule has 1 rings (SSSR count). The molecule has 80 valence electrons. The van der Waals surface area contributed by atoms with E-state index >= 15 is 0 Å². The second kappa shape index (κ2) is 4.61. The highest BCUT2D eigenvalue weighted by Gasteiger charge is 2.20. The van der Waals surface area contributed by atoms with E-state index in [0.29, 0.717) is 16.6 Å². The average Bonchev–Trinajstić information content (AvgIpc) is 2.65. The SMILES string of the molecule is CCN(C)S(=O)(=O)c1cc(CCl)cs1. The zero-order valence-electron chi connectivity index (χ0n) is 8.03. The Morgan fingerprint density at radius 2 is 2.21 bits per heavy atom. The normalized spacial score (nSPS) is 12.3. The van der Waals surface area contributed by atoms with Crippen LogP contribution in [0.1, 0.15) is 12.5 Å². The predicted molar refractivity (Wildman–Crippen MR) is 59.4 cm³/mol. The molecule has 0 spiro atoms. The maximum Gasteiger partial charge on any atom is 0.252 e. The Labute approximate surface area is 93.4 Å². The molecule has 0 aliphatic carbocycles. The molecule has 0 aromatic carbocycles. The summed E-state index contributed by atoms with van der Waals surface area (Å²) in [7, 11) is -1.72. The highest BCUT2D eigenvalue weighted by molar-refractivity contribution is 7.91. The molecule has 6 heteroatoms. The first-order chi connectivity index (χ1) is 6.52. The number of rotatable bonds is 4. The Morgan fingerprint density at radius 1 is 1.57 bits per heavy atom. The number of alkyl halides is 1. The van der Waals surface area contributed by atoms with Crippen molar-refractivity contribution in [3.63, 3.8) is 0 Å². The third-order valence-electron chi connectivity index (χ3n) is 1.89. The number of hydrogen-bond donors (Lipinski definition) is 0. The van der Waals surface area contributed by atoms with Crippen molar-refractivity contribution in [3.05, 3.63) is 17.0 Å². The van der Waals surface area contributed by atoms with Crippen molar-refractivity contribution < 1.29 is 8.42 Å². The molecule has 0 bridgehead atoms. The maximum atomic E-state index is 11.8. The minimum Gasteiger partial charge on any atom is -0.206 e. The van der Waals surface area contributed by atoms with Crippen molar-refractivity contribution in [1.29, 1.82) is 0 Å². The number of hydrogen-bond acceptors (Lipinski definition) is 3. The largest absolute Gasteiger partial charge is 0.252 e. The van der Waals surface area contributed by atoms with Crippen LogP contribution >= 0.6 is 22.9 Å². The van der Waals surface area contributed by atoms with E-state index < -0.39 is 10.0 Å². The summed E-state index contributed by atoms with van der Waals surface area (Å²) in [6.45, 7) is 2.27. The van der Waals surface area contributed by atoms with Gasteiger partial charge in [0.1, 0.15) is 4.21 Å². The third-order valence-corrected chi connectivity index (χ3v) is 5.60. The fourth-order valence-electron chi connectivity index (χ4n) is 0.882. The number of thiophene rings is 1. The molecule has 0 radical (unpaired) electrons. The highest BCUT2D eigenvalue weighted by Crippen LogP contribution is 2.23. The Hall–Kier alpha value is -0.100. The maximum absolute atomic E-state index is 11.8. The van der Waals surface area contributed by atoms with E-state index in [-0.39, 0.29) is 0 Å². The van der Waals surface area contributed by atoms with Gasteiger partial charge in [-0.05, 0) is 17.0 Å². The van der Waals surface area contributed by atoms with Crippen LogP contribution in [0.3, 0.4) is 0 Å². The van der Waals surface area contributed by atoms with Gasteiger partial charge >= 0.3 is 0 Å². The molecular weight excluding hydrogens is 242 g/mol. The Kier molecular flexibility index (Phi) is 3.94. The molecule has 0 aliphatic heterocycles. The lowest BCUT2D eigenvalue weighted by atomic mass is 10.4. The molecule has 0 N–H and O–H groups in total. The third kappa shape index (κ3) is 2.28. The molecule has 1 heterocycles. The first kappa shape index (κ1) is 12.0. The summed E-state index contributed by atoms with van der Waals surface area (Å²) in [6, 6.07) is 1.62. The van der Waals surface area contributed by atoms with Crippen molar-refractivity contribution >= 4 is 33.0 Å². The average molecular weight is 254 g/mol. The van der Waals surface area contributed by atoms with Gasteiger partial charge in [0.15, 0.2) is 0 Å². The molecule has 0 atom stereocenters. The van der Waals surface area contributed by atoms with Crippen LogP contribution in [-0.4, -0.2) is 26.3 Å². The van der Waals surface area contributed by atoms with Crippen LogP contribution in [-0.2, 0) is 15.9 Å². The van der Waals surface area contributed by atoms with Crippen LogP contribution in [0, 0.1) is 0 Å². The molecule has 1 aromatic heterocycles. The van der Waals surface area contributed by atoms with E-state index in [9.17, 15) is 8.42 Å². The summed E-state index contributed by atoms with van der Waals surface area (Å²) >= 11 is 6.81. The number of halogens is 1. The predicted octanol–water partition coefficient (Wildman–Crippen LogP) is 2.13. The second-order valence-electron chi connectivity index (χ2n) is 2.83. The van der Waals surface area contributed by atoms with E-state index in [2.05, 4.69) is 0 Å². The van der Waals surface area contributed by atoms with E-state index in [1.165, 1.54) is 15.6 Å². The van der Waals surface area contributed by atoms with E-state index in [1.807, 2.05) is 0 Å². The molecule has 0 unspecified atom stereocenters. The van der Waals surface area contributed by atoms with Gasteiger partial charge in [0.05, 0.1) is 0 Å². The molecule has 1 aromatic rings. The van der Waals surface area contributed by atoms with Gasteiger partial charge in [0.25, 0.3) is 10.0 Å². The smallest absolute Gasteiger partial charge is 0.206 e. The fraction of sp³-hybridized carbons (Fsp3) is 0.500. The first-order valence-electron chi connectivity index (χ1n) is 4.12. The van der Waals surface area contributed by atoms with Gasteiger partial charge in [-0.3, -0.25) is 0 Å². The summed E-state index contributed by atoms with van der Waals surface area (Å²) in [5.74, 6) is 0.349. The van der Waals surface area contributed by atoms with Gasteiger partial charge in [-0.25, -0.2) is 12.7 Å². The van der Waals surface area contributed by atoms with E-state index in [1.54, 1.807) is 25.4 Å². The van der Waals surface area contributed by atoms with Gasteiger partial charge in [-0.15, -0.1) is 22.9 Å². The van der Waals surface area contributed by atoms with E-state index in [4.69, 9.17) is 11.6 Å². The highest BCUT2D eigenvalue weighted by atomic mass is 35.5. The van der Waals surface area contributed by atoms with Crippen molar-refractivity contribution in [1.82, 2.24) is 4.31 Å². The molecule has 0 saturated heterocycles. The zero-order chi connectivity index (χ0) is 10.8. The van der Waals surface area contributed by atoms with Crippen molar-refractivity contribution in [2.45, 2.75) is 17.0 Å². The number of sulfonamides is 1. The van der Waals surface area contributed by atoms with E-state index in [0.717, 1.165) is 5.56 Å². The first-order valence-corrected chi connectivity index (χ1v) is 6.97. The summed E-state index contributed by atoms with van der Waals surface area (Å²) in [5, 5.41) is 1.77. The lowest BCUT2D eigenvalue weighted by Gasteiger charge is -2.12. The Balaban J connectivity index is 3.04. The summed E-state index contributed by atoms with van der Waals surface area (Å²) in [5.41, 5.74) is 0.847. The second-order valence-corrected chi connectivity index (χ2v) is 6.28. The van der Waals surface area contributed by atoms with Crippen molar-refractivity contribution in [3.8, 4) is 0 Å². The lowest BCUT2D eigenvalue weighted by molar-refractivity contribution is 0.488. The summed E-state index contributed by atoms with van der Waals surface area (Å²) in [4.78, 5) is 0. The lowest BCUT2D eigenvalue weighted by Crippen LogP contribution is -2.25. The van der Waals surface area contributed by atoms with Crippen LogP contribution in [0.25, 0.3) is 0 Å². The topological polar surface area (TPSA) is 37.4 Å². The van der Waals surface area contributed by atoms with Crippen molar-refractivity contribution in [2.75, 3.05) is 13.6 Å². The van der Waals surface area contributed by atoms with Crippen LogP contribution in [0.15, 0.2) is 15.7 Å². The van der Waals surface area contributed by atoms with Crippen molar-refractivity contribution in [2.24, 2.45) is 0 Å². The van der Waals surface area contributed by atoms with Gasteiger partial charge in [0, 0.05) is 19.5 Å². The van der Waals surface area contributed by atoms with Crippen LogP contribution < -0.4 is 0 Å². The van der Waals surface area contributed by atoms with Gasteiger partial charge < -0.3 is 0 Å². The Bertz CT molecular complexity index is 399. The van der Waals surface area contributed by atoms with Crippen LogP contribution in [0.2, 0.25) is 0 Å². The molecule has 0 fully saturated rings. The monoisotopic (exact) mass is 253 g/mol. The minimum atomic E-state index is -3.29.